The smallest absolute Gasteiger partial charge is 0.152 e. The first-order valence-corrected chi connectivity index (χ1v) is 10.6. The van der Waals surface area contributed by atoms with E-state index in [1.165, 1.54) is 17.1 Å². The number of hydrogen-bond donors (Lipinski definition) is 0. The maximum absolute atomic E-state index is 13.2. The Balaban J connectivity index is 1.48. The predicted octanol–water partition coefficient (Wildman–Crippen LogP) is 3.04. The molecule has 168 valence electrons. The second-order valence-electron chi connectivity index (χ2n) is 7.82. The molecule has 3 aromatic heterocycles. The molecule has 0 bridgehead atoms. The maximum atomic E-state index is 13.2. The van der Waals surface area contributed by atoms with E-state index in [1.807, 2.05) is 31.3 Å². The molecule has 0 N–H and O–H groups in total. The second-order valence-corrected chi connectivity index (χ2v) is 7.82. The van der Waals surface area contributed by atoms with Crippen LogP contribution in [0.4, 0.5) is 10.1 Å². The molecule has 1 aliphatic heterocycles. The van der Waals surface area contributed by atoms with E-state index in [0.717, 1.165) is 30.5 Å². The minimum atomic E-state index is -0.389. The van der Waals surface area contributed by atoms with Crippen molar-refractivity contribution in [2.45, 2.75) is 26.1 Å². The lowest BCUT2D eigenvalue weighted by molar-refractivity contribution is 0.0133. The number of carbonyl (C=O) groups is 1. The van der Waals surface area contributed by atoms with Crippen molar-refractivity contribution in [3.63, 3.8) is 0 Å². The largest absolute Gasteiger partial charge is 0.356 e. The number of aldehydes is 1. The van der Waals surface area contributed by atoms with Crippen LogP contribution in [0.25, 0.3) is 17.1 Å². The molecule has 33 heavy (non-hydrogen) atoms. The molecule has 0 radical (unpaired) electrons. The van der Waals surface area contributed by atoms with Gasteiger partial charge in [-0.05, 0) is 49.2 Å². The van der Waals surface area contributed by atoms with Gasteiger partial charge in [0.25, 0.3) is 0 Å². The molecule has 0 spiro atoms. The Labute approximate surface area is 189 Å². The number of benzene rings is 1. The second kappa shape index (κ2) is 8.91. The van der Waals surface area contributed by atoms with Crippen LogP contribution in [0, 0.1) is 12.7 Å². The van der Waals surface area contributed by atoms with Gasteiger partial charge in [-0.25, -0.2) is 4.39 Å². The quantitative estimate of drug-likeness (QED) is 0.420. The lowest BCUT2D eigenvalue weighted by atomic mass is 10.1. The summed E-state index contributed by atoms with van der Waals surface area (Å²) in [5, 5.41) is 13.1. The van der Waals surface area contributed by atoms with Gasteiger partial charge in [0, 0.05) is 18.3 Å². The van der Waals surface area contributed by atoms with Crippen LogP contribution >= 0.6 is 0 Å². The Morgan fingerprint density at radius 1 is 1.18 bits per heavy atom. The lowest BCUT2D eigenvalue weighted by Gasteiger charge is -2.38. The lowest BCUT2D eigenvalue weighted by Crippen LogP contribution is -2.46. The maximum Gasteiger partial charge on any atom is 0.152 e. The highest BCUT2D eigenvalue weighted by molar-refractivity contribution is 5.86. The molecular formula is C23H22FN7O2. The number of halogens is 1. The first-order valence-electron chi connectivity index (χ1n) is 10.6. The number of carbonyl (C=O) groups excluding carboxylic acids is 1. The van der Waals surface area contributed by atoms with E-state index in [-0.39, 0.29) is 12.0 Å². The van der Waals surface area contributed by atoms with Crippen LogP contribution in [-0.4, -0.2) is 55.4 Å². The molecule has 4 heterocycles. The van der Waals surface area contributed by atoms with Crippen LogP contribution < -0.4 is 4.90 Å². The molecular weight excluding hydrogens is 425 g/mol. The fourth-order valence-corrected chi connectivity index (χ4v) is 4.05. The van der Waals surface area contributed by atoms with Gasteiger partial charge < -0.3 is 9.64 Å². The molecule has 1 aromatic carbocycles. The van der Waals surface area contributed by atoms with Gasteiger partial charge in [0.05, 0.1) is 43.1 Å². The third-order valence-electron chi connectivity index (χ3n) is 5.49. The van der Waals surface area contributed by atoms with Gasteiger partial charge in [-0.2, -0.15) is 15.3 Å². The number of ether oxygens (including phenoxy) is 1. The van der Waals surface area contributed by atoms with E-state index in [2.05, 4.69) is 25.2 Å². The Hall–Kier alpha value is -3.92. The van der Waals surface area contributed by atoms with Crippen molar-refractivity contribution in [1.82, 2.24) is 29.8 Å². The van der Waals surface area contributed by atoms with Crippen molar-refractivity contribution in [3.05, 3.63) is 72.1 Å². The van der Waals surface area contributed by atoms with Crippen LogP contribution in [0.2, 0.25) is 0 Å². The van der Waals surface area contributed by atoms with Gasteiger partial charge in [0.1, 0.15) is 23.4 Å². The van der Waals surface area contributed by atoms with Crippen molar-refractivity contribution in [1.29, 1.82) is 0 Å². The number of pyridine rings is 1. The summed E-state index contributed by atoms with van der Waals surface area (Å²) < 4.78 is 21.1. The molecule has 1 unspecified atom stereocenters. The molecule has 1 aliphatic rings. The fraction of sp³-hybridized carbons (Fsp3) is 0.261. The monoisotopic (exact) mass is 447 g/mol. The molecule has 9 nitrogen and oxygen atoms in total. The topological polar surface area (TPSA) is 91.0 Å². The third kappa shape index (κ3) is 4.24. The predicted molar refractivity (Wildman–Crippen MR) is 119 cm³/mol. The standard InChI is InChI=1S/C23H22FN7O2/c1-16-11-17(15-32)23(31-26-6-7-27-31)21(12-16)30-8-2-10-33-22(30)14-29-9-5-20(28-29)19-4-3-18(24)13-25-19/h3-7,9,11-13,15,22H,2,8,10,14H2,1H3. The van der Waals surface area contributed by atoms with Gasteiger partial charge in [-0.3, -0.25) is 14.5 Å². The Morgan fingerprint density at radius 2 is 2.03 bits per heavy atom. The minimum absolute atomic E-state index is 0.316. The van der Waals surface area contributed by atoms with Crippen molar-refractivity contribution in [2.75, 3.05) is 18.1 Å². The Bertz CT molecular complexity index is 1250. The highest BCUT2D eigenvalue weighted by atomic mass is 19.1. The van der Waals surface area contributed by atoms with Crippen LogP contribution in [0.5, 0.6) is 0 Å². The van der Waals surface area contributed by atoms with Crippen molar-refractivity contribution < 1.29 is 13.9 Å². The van der Waals surface area contributed by atoms with Crippen LogP contribution in [-0.2, 0) is 11.3 Å². The van der Waals surface area contributed by atoms with Gasteiger partial charge in [0.2, 0.25) is 0 Å². The molecule has 0 aliphatic carbocycles. The number of aromatic nitrogens is 6. The van der Waals surface area contributed by atoms with Gasteiger partial charge in [-0.1, -0.05) is 0 Å². The highest BCUT2D eigenvalue weighted by Crippen LogP contribution is 2.32. The summed E-state index contributed by atoms with van der Waals surface area (Å²) >= 11 is 0. The first-order chi connectivity index (χ1) is 16.1. The molecule has 0 saturated carbocycles. The van der Waals surface area contributed by atoms with Crippen LogP contribution in [0.15, 0.2) is 55.1 Å². The molecule has 5 rings (SSSR count). The zero-order valence-corrected chi connectivity index (χ0v) is 18.0. The summed E-state index contributed by atoms with van der Waals surface area (Å²) in [5.41, 5.74) is 4.15. The summed E-state index contributed by atoms with van der Waals surface area (Å²) in [7, 11) is 0. The molecule has 1 atom stereocenters. The summed E-state index contributed by atoms with van der Waals surface area (Å²) in [6.45, 7) is 3.77. The van der Waals surface area contributed by atoms with Gasteiger partial charge in [-0.15, -0.1) is 4.80 Å². The summed E-state index contributed by atoms with van der Waals surface area (Å²) in [5.74, 6) is -0.389. The zero-order chi connectivity index (χ0) is 22.8. The fourth-order valence-electron chi connectivity index (χ4n) is 4.05. The van der Waals surface area contributed by atoms with E-state index in [4.69, 9.17) is 4.74 Å². The SMILES string of the molecule is Cc1cc(C=O)c(-n2nccn2)c(N2CCCOC2Cn2ccc(-c3ccc(F)cn3)n2)c1. The van der Waals surface area contributed by atoms with Gasteiger partial charge in [0.15, 0.2) is 6.29 Å². The average Bonchev–Trinajstić information content (AvgIpc) is 3.52. The number of rotatable bonds is 6. The number of aryl methyl sites for hydroxylation is 1. The van der Waals surface area contributed by atoms with Crippen molar-refractivity contribution in [3.8, 4) is 17.1 Å². The summed E-state index contributed by atoms with van der Waals surface area (Å²) in [6, 6.07) is 8.64. The van der Waals surface area contributed by atoms with E-state index >= 15 is 0 Å². The van der Waals surface area contributed by atoms with Crippen LogP contribution in [0.1, 0.15) is 22.3 Å². The molecule has 4 aromatic rings. The molecule has 0 amide bonds. The van der Waals surface area contributed by atoms with E-state index in [9.17, 15) is 9.18 Å². The Kier molecular flexibility index (Phi) is 5.66. The van der Waals surface area contributed by atoms with E-state index in [0.29, 0.717) is 35.8 Å². The first kappa shape index (κ1) is 21.0. The van der Waals surface area contributed by atoms with Crippen molar-refractivity contribution in [2.24, 2.45) is 0 Å². The van der Waals surface area contributed by atoms with Crippen molar-refractivity contribution >= 4 is 12.0 Å². The number of hydrogen-bond acceptors (Lipinski definition) is 7. The summed E-state index contributed by atoms with van der Waals surface area (Å²) in [6.07, 6.45) is 7.53. The number of nitrogens with zero attached hydrogens (tertiary/aromatic N) is 7. The third-order valence-corrected chi connectivity index (χ3v) is 5.49. The van der Waals surface area contributed by atoms with E-state index in [1.54, 1.807) is 23.1 Å². The highest BCUT2D eigenvalue weighted by Gasteiger charge is 2.28. The number of anilines is 1. The summed E-state index contributed by atoms with van der Waals surface area (Å²) in [4.78, 5) is 19.6. The molecule has 10 heteroatoms. The molecule has 1 saturated heterocycles. The minimum Gasteiger partial charge on any atom is -0.356 e. The normalized spacial score (nSPS) is 16.2. The van der Waals surface area contributed by atoms with E-state index < -0.39 is 0 Å². The average molecular weight is 447 g/mol. The Morgan fingerprint density at radius 3 is 2.79 bits per heavy atom. The van der Waals surface area contributed by atoms with Gasteiger partial charge >= 0.3 is 0 Å². The zero-order valence-electron chi connectivity index (χ0n) is 18.0. The molecule has 1 fully saturated rings. The van der Waals surface area contributed by atoms with Crippen LogP contribution in [0.3, 0.4) is 0 Å².